The van der Waals surface area contributed by atoms with Gasteiger partial charge in [0, 0.05) is 5.57 Å². The fourth-order valence-electron chi connectivity index (χ4n) is 1.08. The summed E-state index contributed by atoms with van der Waals surface area (Å²) in [7, 11) is 3.65. The first kappa shape index (κ1) is 13.1. The van der Waals surface area contributed by atoms with E-state index in [-0.39, 0.29) is 18.8 Å². The lowest BCUT2D eigenvalue weighted by molar-refractivity contribution is -0.146. The normalized spacial score (nSPS) is 15.0. The van der Waals surface area contributed by atoms with Crippen molar-refractivity contribution in [2.45, 2.75) is 26.0 Å². The quantitative estimate of drug-likeness (QED) is 0.517. The summed E-state index contributed by atoms with van der Waals surface area (Å²) in [6, 6.07) is -0.182. The molecule has 0 aliphatic heterocycles. The lowest BCUT2D eigenvalue weighted by atomic mass is 10.2. The highest BCUT2D eigenvalue weighted by molar-refractivity contribution is 5.87. The highest BCUT2D eigenvalue weighted by atomic mass is 16.5. The number of hydrogen-bond donors (Lipinski definition) is 1. The van der Waals surface area contributed by atoms with Crippen LogP contribution >= 0.6 is 0 Å². The molecule has 0 saturated carbocycles. The molecular weight excluding hydrogens is 182 g/mol. The van der Waals surface area contributed by atoms with Crippen LogP contribution in [-0.4, -0.2) is 48.8 Å². The van der Waals surface area contributed by atoms with Gasteiger partial charge in [0.25, 0.3) is 0 Å². The highest BCUT2D eigenvalue weighted by Crippen LogP contribution is 2.06. The zero-order chi connectivity index (χ0) is 11.3. The van der Waals surface area contributed by atoms with Crippen molar-refractivity contribution in [1.82, 2.24) is 4.90 Å². The molecule has 14 heavy (non-hydrogen) atoms. The Balaban J connectivity index is 4.24. The minimum Gasteiger partial charge on any atom is -0.458 e. The van der Waals surface area contributed by atoms with E-state index in [0.29, 0.717) is 5.57 Å². The number of carbonyl (C=O) groups excluding carboxylic acids is 1. The maximum absolute atomic E-state index is 11.2. The molecule has 0 aliphatic rings. The second-order valence-corrected chi connectivity index (χ2v) is 3.60. The Hall–Kier alpha value is -0.870. The summed E-state index contributed by atoms with van der Waals surface area (Å²) in [5.41, 5.74) is 0.368. The summed E-state index contributed by atoms with van der Waals surface area (Å²) in [4.78, 5) is 13.0. The maximum Gasteiger partial charge on any atom is 0.333 e. The SMILES string of the molecule is C=C(C)C(=O)OC(C)C(CO)N(C)C. The van der Waals surface area contributed by atoms with E-state index in [4.69, 9.17) is 9.84 Å². The standard InChI is InChI=1S/C10H19NO3/c1-7(2)10(13)14-8(3)9(6-12)11(4)5/h8-9,12H,1,6H2,2-5H3. The van der Waals surface area contributed by atoms with Crippen molar-refractivity contribution in [3.8, 4) is 0 Å². The molecule has 0 bridgehead atoms. The number of esters is 1. The minimum atomic E-state index is -0.419. The van der Waals surface area contributed by atoms with Gasteiger partial charge in [0.15, 0.2) is 0 Å². The fourth-order valence-corrected chi connectivity index (χ4v) is 1.08. The van der Waals surface area contributed by atoms with Crippen molar-refractivity contribution in [3.05, 3.63) is 12.2 Å². The number of aliphatic hydroxyl groups is 1. The van der Waals surface area contributed by atoms with E-state index < -0.39 is 5.97 Å². The second-order valence-electron chi connectivity index (χ2n) is 3.60. The van der Waals surface area contributed by atoms with E-state index in [9.17, 15) is 4.79 Å². The van der Waals surface area contributed by atoms with Gasteiger partial charge in [-0.15, -0.1) is 0 Å². The summed E-state index contributed by atoms with van der Waals surface area (Å²) in [5.74, 6) is -0.419. The number of carbonyl (C=O) groups is 1. The lowest BCUT2D eigenvalue weighted by Gasteiger charge is -2.27. The largest absolute Gasteiger partial charge is 0.458 e. The molecule has 0 spiro atoms. The van der Waals surface area contributed by atoms with Crippen LogP contribution in [0.4, 0.5) is 0 Å². The fraction of sp³-hybridized carbons (Fsp3) is 0.700. The van der Waals surface area contributed by atoms with Crippen molar-refractivity contribution in [2.24, 2.45) is 0 Å². The monoisotopic (exact) mass is 201 g/mol. The van der Waals surface area contributed by atoms with Crippen LogP contribution in [0, 0.1) is 0 Å². The van der Waals surface area contributed by atoms with Crippen LogP contribution in [0.5, 0.6) is 0 Å². The van der Waals surface area contributed by atoms with Crippen molar-refractivity contribution < 1.29 is 14.6 Å². The molecule has 2 unspecified atom stereocenters. The van der Waals surface area contributed by atoms with Crippen LogP contribution in [0.15, 0.2) is 12.2 Å². The summed E-state index contributed by atoms with van der Waals surface area (Å²) in [6.45, 7) is 6.79. The number of likely N-dealkylation sites (N-methyl/N-ethyl adjacent to an activating group) is 1. The van der Waals surface area contributed by atoms with Gasteiger partial charge in [0.2, 0.25) is 0 Å². The van der Waals surface area contributed by atoms with Crippen LogP contribution in [0.25, 0.3) is 0 Å². The van der Waals surface area contributed by atoms with Crippen molar-refractivity contribution in [2.75, 3.05) is 20.7 Å². The Labute approximate surface area is 85.2 Å². The molecule has 0 amide bonds. The summed E-state index contributed by atoms with van der Waals surface area (Å²) >= 11 is 0. The number of aliphatic hydroxyl groups excluding tert-OH is 1. The Morgan fingerprint density at radius 3 is 2.36 bits per heavy atom. The zero-order valence-electron chi connectivity index (χ0n) is 9.28. The molecule has 4 nitrogen and oxygen atoms in total. The first-order chi connectivity index (χ1) is 6.40. The van der Waals surface area contributed by atoms with Crippen LogP contribution in [0.1, 0.15) is 13.8 Å². The average Bonchev–Trinajstić information content (AvgIpc) is 2.04. The molecular formula is C10H19NO3. The molecule has 0 rings (SSSR count). The van der Waals surface area contributed by atoms with Crippen molar-refractivity contribution in [3.63, 3.8) is 0 Å². The molecule has 82 valence electrons. The van der Waals surface area contributed by atoms with Gasteiger partial charge in [0.05, 0.1) is 12.6 Å². The molecule has 0 saturated heterocycles. The van der Waals surface area contributed by atoms with E-state index in [2.05, 4.69) is 6.58 Å². The number of nitrogens with zero attached hydrogens (tertiary/aromatic N) is 1. The summed E-state index contributed by atoms with van der Waals surface area (Å²) < 4.78 is 5.09. The van der Waals surface area contributed by atoms with Crippen LogP contribution in [0.2, 0.25) is 0 Å². The van der Waals surface area contributed by atoms with E-state index in [0.717, 1.165) is 0 Å². The minimum absolute atomic E-state index is 0.0440. The Morgan fingerprint density at radius 2 is 2.07 bits per heavy atom. The predicted molar refractivity (Wildman–Crippen MR) is 54.9 cm³/mol. The lowest BCUT2D eigenvalue weighted by Crippen LogP contribution is -2.42. The maximum atomic E-state index is 11.2. The second kappa shape index (κ2) is 5.78. The third kappa shape index (κ3) is 3.89. The summed E-state index contributed by atoms with van der Waals surface area (Å²) in [6.07, 6.45) is -0.348. The van der Waals surface area contributed by atoms with Gasteiger partial charge in [-0.2, -0.15) is 0 Å². The Kier molecular flexibility index (Phi) is 5.42. The van der Waals surface area contributed by atoms with Crippen LogP contribution in [0.3, 0.4) is 0 Å². The molecule has 2 atom stereocenters. The van der Waals surface area contributed by atoms with Crippen LogP contribution < -0.4 is 0 Å². The van der Waals surface area contributed by atoms with E-state index >= 15 is 0 Å². The number of ether oxygens (including phenoxy) is 1. The topological polar surface area (TPSA) is 49.8 Å². The Morgan fingerprint density at radius 1 is 1.57 bits per heavy atom. The molecule has 0 aromatic heterocycles. The summed E-state index contributed by atoms with van der Waals surface area (Å²) in [5, 5.41) is 9.06. The van der Waals surface area contributed by atoms with Crippen molar-refractivity contribution >= 4 is 5.97 Å². The van der Waals surface area contributed by atoms with E-state index in [1.54, 1.807) is 13.8 Å². The third-order valence-electron chi connectivity index (χ3n) is 2.03. The molecule has 4 heteroatoms. The average molecular weight is 201 g/mol. The van der Waals surface area contributed by atoms with Crippen molar-refractivity contribution in [1.29, 1.82) is 0 Å². The van der Waals surface area contributed by atoms with Gasteiger partial charge in [-0.05, 0) is 27.9 Å². The van der Waals surface area contributed by atoms with E-state index in [1.807, 2.05) is 19.0 Å². The van der Waals surface area contributed by atoms with Gasteiger partial charge in [-0.3, -0.25) is 0 Å². The molecule has 0 radical (unpaired) electrons. The van der Waals surface area contributed by atoms with Gasteiger partial charge in [0.1, 0.15) is 6.10 Å². The van der Waals surface area contributed by atoms with Gasteiger partial charge >= 0.3 is 5.97 Å². The van der Waals surface area contributed by atoms with E-state index in [1.165, 1.54) is 0 Å². The first-order valence-corrected chi connectivity index (χ1v) is 4.54. The first-order valence-electron chi connectivity index (χ1n) is 4.54. The Bertz CT molecular complexity index is 213. The highest BCUT2D eigenvalue weighted by Gasteiger charge is 2.22. The number of hydrogen-bond acceptors (Lipinski definition) is 4. The molecule has 0 aliphatic carbocycles. The molecule has 0 fully saturated rings. The molecule has 1 N–H and O–H groups in total. The van der Waals surface area contributed by atoms with Gasteiger partial charge in [-0.25, -0.2) is 4.79 Å². The van der Waals surface area contributed by atoms with Crippen LogP contribution in [-0.2, 0) is 9.53 Å². The predicted octanol–water partition coefficient (Wildman–Crippen LogP) is 0.417. The molecule has 0 heterocycles. The molecule has 0 aromatic rings. The smallest absolute Gasteiger partial charge is 0.333 e. The van der Waals surface area contributed by atoms with Gasteiger partial charge in [-0.1, -0.05) is 6.58 Å². The zero-order valence-corrected chi connectivity index (χ0v) is 9.28. The molecule has 0 aromatic carbocycles. The third-order valence-corrected chi connectivity index (χ3v) is 2.03. The number of rotatable bonds is 5. The van der Waals surface area contributed by atoms with Gasteiger partial charge < -0.3 is 14.7 Å².